The van der Waals surface area contributed by atoms with Gasteiger partial charge in [-0.25, -0.2) is 0 Å². The Morgan fingerprint density at radius 2 is 2.29 bits per heavy atom. The van der Waals surface area contributed by atoms with Crippen LogP contribution in [0.5, 0.6) is 0 Å². The molecule has 17 heavy (non-hydrogen) atoms. The third-order valence-electron chi connectivity index (χ3n) is 3.49. The Hall–Kier alpha value is -1.06. The van der Waals surface area contributed by atoms with E-state index >= 15 is 0 Å². The minimum atomic E-state index is 0.119. The molecule has 1 atom stereocenters. The summed E-state index contributed by atoms with van der Waals surface area (Å²) < 4.78 is 5.53. The molecule has 1 aromatic carbocycles. The molecule has 3 heteroatoms. The highest BCUT2D eigenvalue weighted by atomic mass is 16.5. The number of benzene rings is 1. The Bertz CT molecular complexity index is 384. The molecular formula is C14H22N2O. The molecule has 3 N–H and O–H groups in total. The van der Waals surface area contributed by atoms with E-state index in [1.165, 1.54) is 12.0 Å². The molecular weight excluding hydrogens is 212 g/mol. The van der Waals surface area contributed by atoms with Crippen molar-refractivity contribution in [2.45, 2.75) is 38.8 Å². The molecule has 3 nitrogen and oxygen atoms in total. The maximum absolute atomic E-state index is 5.81. The minimum Gasteiger partial charge on any atom is -0.399 e. The van der Waals surface area contributed by atoms with Gasteiger partial charge in [-0.3, -0.25) is 0 Å². The zero-order valence-corrected chi connectivity index (χ0v) is 10.8. The van der Waals surface area contributed by atoms with Crippen LogP contribution in [0.2, 0.25) is 0 Å². The van der Waals surface area contributed by atoms with E-state index in [0.717, 1.165) is 37.4 Å². The molecule has 0 spiro atoms. The largest absolute Gasteiger partial charge is 0.399 e. The maximum atomic E-state index is 5.81. The Labute approximate surface area is 103 Å². The van der Waals surface area contributed by atoms with E-state index in [4.69, 9.17) is 10.5 Å². The average molecular weight is 234 g/mol. The normalized spacial score (nSPS) is 24.8. The van der Waals surface area contributed by atoms with Gasteiger partial charge in [-0.1, -0.05) is 12.1 Å². The summed E-state index contributed by atoms with van der Waals surface area (Å²) in [6.07, 6.45) is 2.32. The number of anilines is 1. The van der Waals surface area contributed by atoms with E-state index in [1.807, 2.05) is 13.0 Å². The molecule has 1 aliphatic heterocycles. The summed E-state index contributed by atoms with van der Waals surface area (Å²) in [7, 11) is 0. The predicted octanol–water partition coefficient (Wildman–Crippen LogP) is 2.24. The van der Waals surface area contributed by atoms with Gasteiger partial charge in [0.2, 0.25) is 0 Å². The van der Waals surface area contributed by atoms with E-state index in [-0.39, 0.29) is 5.54 Å². The van der Waals surface area contributed by atoms with Gasteiger partial charge in [0, 0.05) is 24.4 Å². The smallest absolute Gasteiger partial charge is 0.0645 e. The maximum Gasteiger partial charge on any atom is 0.0645 e. The molecule has 0 saturated carbocycles. The van der Waals surface area contributed by atoms with E-state index in [1.54, 1.807) is 0 Å². The number of nitrogens with two attached hydrogens (primary N) is 1. The summed E-state index contributed by atoms with van der Waals surface area (Å²) in [6, 6.07) is 6.21. The molecule has 0 amide bonds. The van der Waals surface area contributed by atoms with Gasteiger partial charge in [-0.15, -0.1) is 0 Å². The monoisotopic (exact) mass is 234 g/mol. The molecule has 1 heterocycles. The second kappa shape index (κ2) is 5.07. The van der Waals surface area contributed by atoms with Crippen LogP contribution in [0.1, 0.15) is 30.9 Å². The summed E-state index contributed by atoms with van der Waals surface area (Å²) in [5.74, 6) is 0. The predicted molar refractivity (Wildman–Crippen MR) is 70.9 cm³/mol. The van der Waals surface area contributed by atoms with Gasteiger partial charge in [0.15, 0.2) is 0 Å². The molecule has 1 fully saturated rings. The lowest BCUT2D eigenvalue weighted by molar-refractivity contribution is 0.0278. The van der Waals surface area contributed by atoms with Crippen LogP contribution in [0.3, 0.4) is 0 Å². The van der Waals surface area contributed by atoms with Crippen molar-refractivity contribution in [3.8, 4) is 0 Å². The summed E-state index contributed by atoms with van der Waals surface area (Å²) in [6.45, 7) is 6.86. The Balaban J connectivity index is 1.94. The first-order chi connectivity index (χ1) is 8.09. The molecule has 1 unspecified atom stereocenters. The molecule has 1 aromatic rings. The van der Waals surface area contributed by atoms with Gasteiger partial charge < -0.3 is 15.8 Å². The number of hydrogen-bond acceptors (Lipinski definition) is 3. The molecule has 0 bridgehead atoms. The summed E-state index contributed by atoms with van der Waals surface area (Å²) in [4.78, 5) is 0. The number of nitrogen functional groups attached to an aromatic ring is 1. The van der Waals surface area contributed by atoms with Gasteiger partial charge >= 0.3 is 0 Å². The highest BCUT2D eigenvalue weighted by Gasteiger charge is 2.26. The van der Waals surface area contributed by atoms with Crippen molar-refractivity contribution in [3.05, 3.63) is 29.3 Å². The van der Waals surface area contributed by atoms with Gasteiger partial charge in [0.1, 0.15) is 0 Å². The Morgan fingerprint density at radius 1 is 1.47 bits per heavy atom. The molecule has 0 radical (unpaired) electrons. The first kappa shape index (κ1) is 12.4. The summed E-state index contributed by atoms with van der Waals surface area (Å²) in [5, 5.41) is 3.60. The van der Waals surface area contributed by atoms with Crippen LogP contribution in [0.25, 0.3) is 0 Å². The average Bonchev–Trinajstić information content (AvgIpc) is 2.32. The molecule has 94 valence electrons. The van der Waals surface area contributed by atoms with Crippen molar-refractivity contribution < 1.29 is 4.74 Å². The fourth-order valence-corrected chi connectivity index (χ4v) is 2.24. The fraction of sp³-hybridized carbons (Fsp3) is 0.571. The lowest BCUT2D eigenvalue weighted by atomic mass is 9.94. The topological polar surface area (TPSA) is 47.3 Å². The van der Waals surface area contributed by atoms with Crippen LogP contribution < -0.4 is 11.1 Å². The SMILES string of the molecule is Cc1cc(CNC2(C)CCCOC2)ccc1N. The highest BCUT2D eigenvalue weighted by Crippen LogP contribution is 2.19. The molecule has 0 aliphatic carbocycles. The Morgan fingerprint density at radius 3 is 2.94 bits per heavy atom. The van der Waals surface area contributed by atoms with Crippen molar-refractivity contribution in [1.82, 2.24) is 5.32 Å². The van der Waals surface area contributed by atoms with Crippen molar-refractivity contribution in [2.75, 3.05) is 18.9 Å². The van der Waals surface area contributed by atoms with Gasteiger partial charge in [0.05, 0.1) is 6.61 Å². The third kappa shape index (κ3) is 3.20. The van der Waals surface area contributed by atoms with Gasteiger partial charge in [-0.2, -0.15) is 0 Å². The molecule has 1 saturated heterocycles. The van der Waals surface area contributed by atoms with Crippen molar-refractivity contribution in [1.29, 1.82) is 0 Å². The highest BCUT2D eigenvalue weighted by molar-refractivity contribution is 5.47. The lowest BCUT2D eigenvalue weighted by Gasteiger charge is -2.34. The fourth-order valence-electron chi connectivity index (χ4n) is 2.24. The lowest BCUT2D eigenvalue weighted by Crippen LogP contribution is -2.48. The zero-order valence-electron chi connectivity index (χ0n) is 10.8. The first-order valence-electron chi connectivity index (χ1n) is 6.27. The number of nitrogens with one attached hydrogen (secondary N) is 1. The van der Waals surface area contributed by atoms with Crippen LogP contribution in [0.4, 0.5) is 5.69 Å². The second-order valence-electron chi connectivity index (χ2n) is 5.26. The van der Waals surface area contributed by atoms with Crippen LogP contribution in [-0.4, -0.2) is 18.8 Å². The van der Waals surface area contributed by atoms with Gasteiger partial charge in [0.25, 0.3) is 0 Å². The van der Waals surface area contributed by atoms with E-state index < -0.39 is 0 Å². The van der Waals surface area contributed by atoms with E-state index in [9.17, 15) is 0 Å². The standard InChI is InChI=1S/C14H22N2O/c1-11-8-12(4-5-13(11)15)9-16-14(2)6-3-7-17-10-14/h4-5,8,16H,3,6-7,9-10,15H2,1-2H3. The first-order valence-corrected chi connectivity index (χ1v) is 6.27. The third-order valence-corrected chi connectivity index (χ3v) is 3.49. The number of hydrogen-bond donors (Lipinski definition) is 2. The van der Waals surface area contributed by atoms with Crippen LogP contribution >= 0.6 is 0 Å². The zero-order chi connectivity index (χ0) is 12.3. The van der Waals surface area contributed by atoms with Crippen molar-refractivity contribution in [3.63, 3.8) is 0 Å². The van der Waals surface area contributed by atoms with E-state index in [2.05, 4.69) is 24.4 Å². The molecule has 0 aromatic heterocycles. The number of rotatable bonds is 3. The molecule has 2 rings (SSSR count). The summed E-state index contributed by atoms with van der Waals surface area (Å²) in [5.41, 5.74) is 9.22. The number of aryl methyl sites for hydroxylation is 1. The minimum absolute atomic E-state index is 0.119. The van der Waals surface area contributed by atoms with Crippen molar-refractivity contribution >= 4 is 5.69 Å². The van der Waals surface area contributed by atoms with E-state index in [0.29, 0.717) is 0 Å². The molecule has 1 aliphatic rings. The Kier molecular flexibility index (Phi) is 3.69. The summed E-state index contributed by atoms with van der Waals surface area (Å²) >= 11 is 0. The quantitative estimate of drug-likeness (QED) is 0.788. The van der Waals surface area contributed by atoms with Crippen molar-refractivity contribution in [2.24, 2.45) is 0 Å². The number of ether oxygens (including phenoxy) is 1. The van der Waals surface area contributed by atoms with Crippen LogP contribution in [0, 0.1) is 6.92 Å². The van der Waals surface area contributed by atoms with Gasteiger partial charge in [-0.05, 0) is 43.9 Å². The van der Waals surface area contributed by atoms with Crippen LogP contribution in [-0.2, 0) is 11.3 Å². The second-order valence-corrected chi connectivity index (χ2v) is 5.26. The van der Waals surface area contributed by atoms with Crippen LogP contribution in [0.15, 0.2) is 18.2 Å².